The summed E-state index contributed by atoms with van der Waals surface area (Å²) in [5, 5.41) is 3.32. The van der Waals surface area contributed by atoms with Crippen molar-refractivity contribution in [3.05, 3.63) is 24.3 Å². The summed E-state index contributed by atoms with van der Waals surface area (Å²) in [6, 6.07) is 7.50. The Balaban J connectivity index is 2.00. The lowest BCUT2D eigenvalue weighted by Crippen LogP contribution is -2.42. The van der Waals surface area contributed by atoms with Crippen LogP contribution in [0.15, 0.2) is 24.3 Å². The number of nitrogens with zero attached hydrogens (tertiary/aromatic N) is 1. The highest BCUT2D eigenvalue weighted by Gasteiger charge is 2.29. The van der Waals surface area contributed by atoms with E-state index < -0.39 is 12.8 Å². The Morgan fingerprint density at radius 3 is 2.71 bits per heavy atom. The standard InChI is InChI=1S/C15H21F3N2O/c1-11-9-12(7-8-20(11)2)19-13-5-3-4-6-14(13)21-10-15(16,17)18/h3-6,11-12,19H,7-10H2,1-2H3/t11-,12-/m0/s1. The molecular formula is C15H21F3N2O. The summed E-state index contributed by atoms with van der Waals surface area (Å²) >= 11 is 0. The van der Waals surface area contributed by atoms with E-state index in [2.05, 4.69) is 24.2 Å². The molecular weight excluding hydrogens is 281 g/mol. The molecule has 0 unspecified atom stereocenters. The van der Waals surface area contributed by atoms with Gasteiger partial charge >= 0.3 is 6.18 Å². The van der Waals surface area contributed by atoms with E-state index >= 15 is 0 Å². The average molecular weight is 302 g/mol. The Morgan fingerprint density at radius 1 is 1.33 bits per heavy atom. The Kier molecular flexibility index (Phi) is 4.98. The second-order valence-corrected chi connectivity index (χ2v) is 5.60. The molecule has 21 heavy (non-hydrogen) atoms. The van der Waals surface area contributed by atoms with Gasteiger partial charge in [0.15, 0.2) is 6.61 Å². The molecule has 1 aliphatic heterocycles. The molecule has 1 N–H and O–H groups in total. The summed E-state index contributed by atoms with van der Waals surface area (Å²) < 4.78 is 41.7. The monoisotopic (exact) mass is 302 g/mol. The maximum absolute atomic E-state index is 12.3. The van der Waals surface area contributed by atoms with Crippen LogP contribution in [0.1, 0.15) is 19.8 Å². The van der Waals surface area contributed by atoms with Gasteiger partial charge in [0.25, 0.3) is 0 Å². The summed E-state index contributed by atoms with van der Waals surface area (Å²) in [7, 11) is 2.08. The van der Waals surface area contributed by atoms with Crippen molar-refractivity contribution in [2.24, 2.45) is 0 Å². The molecule has 0 radical (unpaired) electrons. The first-order valence-electron chi connectivity index (χ1n) is 7.10. The molecule has 0 aliphatic carbocycles. The lowest BCUT2D eigenvalue weighted by molar-refractivity contribution is -0.153. The third-order valence-corrected chi connectivity index (χ3v) is 3.85. The SMILES string of the molecule is C[C@H]1C[C@@H](Nc2ccccc2OCC(F)(F)F)CCN1C. The van der Waals surface area contributed by atoms with E-state index in [0.717, 1.165) is 19.4 Å². The van der Waals surface area contributed by atoms with Crippen LogP contribution in [0.25, 0.3) is 0 Å². The highest BCUT2D eigenvalue weighted by molar-refractivity contribution is 5.56. The number of likely N-dealkylation sites (tertiary alicyclic amines) is 1. The molecule has 0 bridgehead atoms. The number of hydrogen-bond acceptors (Lipinski definition) is 3. The van der Waals surface area contributed by atoms with Crippen molar-refractivity contribution >= 4 is 5.69 Å². The van der Waals surface area contributed by atoms with Crippen LogP contribution in [0.3, 0.4) is 0 Å². The number of rotatable bonds is 4. The third kappa shape index (κ3) is 4.81. The van der Waals surface area contributed by atoms with Crippen molar-refractivity contribution in [1.29, 1.82) is 0 Å². The van der Waals surface area contributed by atoms with Crippen LogP contribution in [0.4, 0.5) is 18.9 Å². The highest BCUT2D eigenvalue weighted by Crippen LogP contribution is 2.29. The number of hydrogen-bond donors (Lipinski definition) is 1. The van der Waals surface area contributed by atoms with Gasteiger partial charge in [0.05, 0.1) is 5.69 Å². The van der Waals surface area contributed by atoms with Gasteiger partial charge in [0, 0.05) is 18.6 Å². The first-order valence-corrected chi connectivity index (χ1v) is 7.10. The van der Waals surface area contributed by atoms with Gasteiger partial charge in [-0.15, -0.1) is 0 Å². The van der Waals surface area contributed by atoms with Crippen LogP contribution in [0, 0.1) is 0 Å². The summed E-state index contributed by atoms with van der Waals surface area (Å²) in [5.41, 5.74) is 0.628. The van der Waals surface area contributed by atoms with Crippen molar-refractivity contribution in [1.82, 2.24) is 4.90 Å². The maximum Gasteiger partial charge on any atom is 0.422 e. The largest absolute Gasteiger partial charge is 0.482 e. The Hall–Kier alpha value is -1.43. The number of anilines is 1. The van der Waals surface area contributed by atoms with Gasteiger partial charge < -0.3 is 15.0 Å². The molecule has 1 aromatic carbocycles. The zero-order valence-electron chi connectivity index (χ0n) is 12.3. The number of piperidine rings is 1. The zero-order valence-corrected chi connectivity index (χ0v) is 12.3. The Morgan fingerprint density at radius 2 is 2.05 bits per heavy atom. The topological polar surface area (TPSA) is 24.5 Å². The quantitative estimate of drug-likeness (QED) is 0.921. The van der Waals surface area contributed by atoms with Crippen LogP contribution in [0.2, 0.25) is 0 Å². The summed E-state index contributed by atoms with van der Waals surface area (Å²) in [5.74, 6) is 0.251. The summed E-state index contributed by atoms with van der Waals surface area (Å²) in [6.07, 6.45) is -2.40. The van der Waals surface area contributed by atoms with Crippen LogP contribution in [0.5, 0.6) is 5.75 Å². The molecule has 6 heteroatoms. The molecule has 1 aromatic rings. The molecule has 1 saturated heterocycles. The smallest absolute Gasteiger partial charge is 0.422 e. The fourth-order valence-electron chi connectivity index (χ4n) is 2.51. The molecule has 3 nitrogen and oxygen atoms in total. The van der Waals surface area contributed by atoms with Crippen molar-refractivity contribution in [3.63, 3.8) is 0 Å². The lowest BCUT2D eigenvalue weighted by Gasteiger charge is -2.36. The van der Waals surface area contributed by atoms with E-state index in [1.807, 2.05) is 0 Å². The number of nitrogens with one attached hydrogen (secondary N) is 1. The second-order valence-electron chi connectivity index (χ2n) is 5.60. The van der Waals surface area contributed by atoms with Crippen molar-refractivity contribution in [3.8, 4) is 5.75 Å². The maximum atomic E-state index is 12.3. The average Bonchev–Trinajstić information content (AvgIpc) is 2.41. The van der Waals surface area contributed by atoms with Gasteiger partial charge in [0.1, 0.15) is 5.75 Å². The fourth-order valence-corrected chi connectivity index (χ4v) is 2.51. The van der Waals surface area contributed by atoms with Gasteiger partial charge in [-0.2, -0.15) is 13.2 Å². The Labute approximate surface area is 123 Å². The predicted molar refractivity (Wildman–Crippen MR) is 76.7 cm³/mol. The van der Waals surface area contributed by atoms with Gasteiger partial charge in [-0.25, -0.2) is 0 Å². The fraction of sp³-hybridized carbons (Fsp3) is 0.600. The zero-order chi connectivity index (χ0) is 15.5. The minimum absolute atomic E-state index is 0.251. The molecule has 1 fully saturated rings. The van der Waals surface area contributed by atoms with E-state index in [1.54, 1.807) is 24.3 Å². The van der Waals surface area contributed by atoms with E-state index in [0.29, 0.717) is 11.7 Å². The number of para-hydroxylation sites is 2. The highest BCUT2D eigenvalue weighted by atomic mass is 19.4. The van der Waals surface area contributed by atoms with Gasteiger partial charge in [-0.3, -0.25) is 0 Å². The third-order valence-electron chi connectivity index (χ3n) is 3.85. The molecule has 2 rings (SSSR count). The van der Waals surface area contributed by atoms with Crippen LogP contribution in [-0.2, 0) is 0 Å². The molecule has 0 spiro atoms. The van der Waals surface area contributed by atoms with Crippen molar-refractivity contribution in [2.75, 3.05) is 25.5 Å². The molecule has 0 amide bonds. The molecule has 2 atom stereocenters. The Bertz CT molecular complexity index is 464. The van der Waals surface area contributed by atoms with Crippen molar-refractivity contribution < 1.29 is 17.9 Å². The minimum Gasteiger partial charge on any atom is -0.482 e. The number of halogens is 3. The normalized spacial score (nSPS) is 23.9. The summed E-state index contributed by atoms with van der Waals surface area (Å²) in [6.45, 7) is 1.86. The van der Waals surface area contributed by atoms with E-state index in [9.17, 15) is 13.2 Å². The lowest BCUT2D eigenvalue weighted by atomic mass is 9.98. The van der Waals surface area contributed by atoms with Crippen molar-refractivity contribution in [2.45, 2.75) is 38.0 Å². The van der Waals surface area contributed by atoms with Gasteiger partial charge in [-0.1, -0.05) is 12.1 Å². The first-order chi connectivity index (χ1) is 9.85. The number of alkyl halides is 3. The first kappa shape index (κ1) is 15.9. The van der Waals surface area contributed by atoms with E-state index in [4.69, 9.17) is 4.74 Å². The van der Waals surface area contributed by atoms with E-state index in [1.165, 1.54) is 0 Å². The number of ether oxygens (including phenoxy) is 1. The molecule has 0 saturated carbocycles. The minimum atomic E-state index is -4.32. The summed E-state index contributed by atoms with van der Waals surface area (Å²) in [4.78, 5) is 2.28. The van der Waals surface area contributed by atoms with Gasteiger partial charge in [-0.05, 0) is 38.9 Å². The molecule has 0 aromatic heterocycles. The molecule has 1 aliphatic rings. The van der Waals surface area contributed by atoms with Crippen LogP contribution < -0.4 is 10.1 Å². The molecule has 1 heterocycles. The molecule has 118 valence electrons. The van der Waals surface area contributed by atoms with Crippen LogP contribution >= 0.6 is 0 Å². The van der Waals surface area contributed by atoms with E-state index in [-0.39, 0.29) is 11.8 Å². The second kappa shape index (κ2) is 6.56. The van der Waals surface area contributed by atoms with Gasteiger partial charge in [0.2, 0.25) is 0 Å². The predicted octanol–water partition coefficient (Wildman–Crippen LogP) is 3.52. The van der Waals surface area contributed by atoms with Crippen LogP contribution in [-0.4, -0.2) is 43.4 Å². The number of benzene rings is 1.